The fourth-order valence-electron chi connectivity index (χ4n) is 3.79. The minimum Gasteiger partial charge on any atom is -0.494 e. The van der Waals surface area contributed by atoms with Crippen molar-refractivity contribution in [3.63, 3.8) is 0 Å². The third kappa shape index (κ3) is 4.83. The number of aryl methyl sites for hydroxylation is 1. The number of thiophene rings is 1. The van der Waals surface area contributed by atoms with Crippen LogP contribution in [0.15, 0.2) is 59.7 Å². The summed E-state index contributed by atoms with van der Waals surface area (Å²) in [5, 5.41) is 3.40. The Balaban J connectivity index is 1.61. The minimum absolute atomic E-state index is 0.106. The number of carbonyl (C=O) groups is 1. The van der Waals surface area contributed by atoms with E-state index in [1.807, 2.05) is 62.4 Å². The molecule has 7 heteroatoms. The van der Waals surface area contributed by atoms with Gasteiger partial charge in [0.1, 0.15) is 17.1 Å². The molecule has 2 heterocycles. The summed E-state index contributed by atoms with van der Waals surface area (Å²) in [6.45, 7) is 8.66. The van der Waals surface area contributed by atoms with Gasteiger partial charge in [0.05, 0.1) is 18.3 Å². The van der Waals surface area contributed by atoms with E-state index in [1.165, 1.54) is 27.8 Å². The number of ether oxygens (including phenoxy) is 1. The summed E-state index contributed by atoms with van der Waals surface area (Å²) in [4.78, 5) is 32.1. The van der Waals surface area contributed by atoms with Crippen LogP contribution in [0.1, 0.15) is 37.1 Å². The lowest BCUT2D eigenvalue weighted by atomic mass is 10.0. The van der Waals surface area contributed by atoms with Gasteiger partial charge in [0.25, 0.3) is 5.56 Å². The van der Waals surface area contributed by atoms with Crippen molar-refractivity contribution in [3.8, 4) is 16.9 Å². The third-order valence-electron chi connectivity index (χ3n) is 5.48. The van der Waals surface area contributed by atoms with Gasteiger partial charge in [0.15, 0.2) is 0 Å². The molecule has 6 nitrogen and oxygen atoms in total. The topological polar surface area (TPSA) is 73.2 Å². The molecule has 170 valence electrons. The molecular formula is C26H27N3O3S. The van der Waals surface area contributed by atoms with Gasteiger partial charge in [-0.25, -0.2) is 4.98 Å². The summed E-state index contributed by atoms with van der Waals surface area (Å²) in [6, 6.07) is 15.4. The number of aromatic nitrogens is 2. The largest absolute Gasteiger partial charge is 0.494 e. The molecule has 0 atom stereocenters. The second-order valence-electron chi connectivity index (χ2n) is 8.17. The molecule has 0 unspecified atom stereocenters. The third-order valence-corrected chi connectivity index (χ3v) is 6.50. The number of nitrogens with zero attached hydrogens (tertiary/aromatic N) is 2. The molecule has 0 saturated heterocycles. The highest BCUT2D eigenvalue weighted by molar-refractivity contribution is 7.19. The maximum atomic E-state index is 13.3. The number of amides is 1. The van der Waals surface area contributed by atoms with Crippen LogP contribution in [0.3, 0.4) is 0 Å². The van der Waals surface area contributed by atoms with Crippen molar-refractivity contribution < 1.29 is 9.53 Å². The van der Waals surface area contributed by atoms with E-state index in [0.29, 0.717) is 28.4 Å². The molecule has 4 rings (SSSR count). The summed E-state index contributed by atoms with van der Waals surface area (Å²) in [5.74, 6) is 0.932. The summed E-state index contributed by atoms with van der Waals surface area (Å²) >= 11 is 1.48. The molecule has 1 amide bonds. The van der Waals surface area contributed by atoms with Gasteiger partial charge in [-0.3, -0.25) is 14.2 Å². The highest BCUT2D eigenvalue weighted by Gasteiger charge is 2.18. The normalized spacial score (nSPS) is 11.2. The number of benzene rings is 2. The van der Waals surface area contributed by atoms with E-state index in [-0.39, 0.29) is 18.0 Å². The van der Waals surface area contributed by atoms with E-state index >= 15 is 0 Å². The van der Waals surface area contributed by atoms with Gasteiger partial charge < -0.3 is 10.1 Å². The molecular weight excluding hydrogens is 434 g/mol. The molecule has 0 bridgehead atoms. The first-order valence-electron chi connectivity index (χ1n) is 11.0. The molecule has 0 radical (unpaired) electrons. The van der Waals surface area contributed by atoms with E-state index in [1.54, 1.807) is 0 Å². The van der Waals surface area contributed by atoms with Gasteiger partial charge in [-0.15, -0.1) is 11.3 Å². The van der Waals surface area contributed by atoms with E-state index in [0.717, 1.165) is 21.8 Å². The Morgan fingerprint density at radius 3 is 2.45 bits per heavy atom. The summed E-state index contributed by atoms with van der Waals surface area (Å²) in [5.41, 5.74) is 3.46. The second kappa shape index (κ2) is 9.58. The van der Waals surface area contributed by atoms with Crippen LogP contribution in [0.5, 0.6) is 5.75 Å². The zero-order chi connectivity index (χ0) is 23.5. The molecule has 33 heavy (non-hydrogen) atoms. The molecule has 0 saturated carbocycles. The van der Waals surface area contributed by atoms with Crippen molar-refractivity contribution >= 4 is 33.1 Å². The van der Waals surface area contributed by atoms with Gasteiger partial charge in [-0.2, -0.15) is 0 Å². The number of fused-ring (bicyclic) bond motifs is 1. The zero-order valence-corrected chi connectivity index (χ0v) is 20.0. The van der Waals surface area contributed by atoms with Crippen molar-refractivity contribution in [2.45, 2.75) is 40.2 Å². The Labute approximate surface area is 196 Å². The number of hydrogen-bond acceptors (Lipinski definition) is 5. The van der Waals surface area contributed by atoms with Crippen LogP contribution in [0.2, 0.25) is 0 Å². The molecule has 0 aliphatic carbocycles. The minimum atomic E-state index is -0.273. The Kier molecular flexibility index (Phi) is 6.60. The predicted octanol–water partition coefficient (Wildman–Crippen LogP) is 5.59. The first-order chi connectivity index (χ1) is 15.9. The van der Waals surface area contributed by atoms with Crippen LogP contribution >= 0.6 is 11.3 Å². The van der Waals surface area contributed by atoms with Gasteiger partial charge in [-0.1, -0.05) is 38.1 Å². The summed E-state index contributed by atoms with van der Waals surface area (Å²) < 4.78 is 6.89. The summed E-state index contributed by atoms with van der Waals surface area (Å²) in [6.07, 6.45) is 1.45. The Morgan fingerprint density at radius 1 is 1.12 bits per heavy atom. The van der Waals surface area contributed by atoms with E-state index in [4.69, 9.17) is 4.74 Å². The highest BCUT2D eigenvalue weighted by atomic mass is 32.1. The quantitative estimate of drug-likeness (QED) is 0.389. The number of hydrogen-bond donors (Lipinski definition) is 1. The lowest BCUT2D eigenvalue weighted by Gasteiger charge is -2.10. The molecule has 0 aliphatic rings. The smallest absolute Gasteiger partial charge is 0.263 e. The maximum absolute atomic E-state index is 13.3. The van der Waals surface area contributed by atoms with Crippen LogP contribution in [-0.2, 0) is 11.3 Å². The second-order valence-corrected chi connectivity index (χ2v) is 9.38. The Bertz CT molecular complexity index is 1340. The van der Waals surface area contributed by atoms with Crippen LogP contribution in [-0.4, -0.2) is 22.1 Å². The van der Waals surface area contributed by atoms with Crippen LogP contribution in [0, 0.1) is 6.92 Å². The van der Waals surface area contributed by atoms with E-state index in [9.17, 15) is 9.59 Å². The average molecular weight is 462 g/mol. The van der Waals surface area contributed by atoms with Crippen molar-refractivity contribution in [1.29, 1.82) is 0 Å². The lowest BCUT2D eigenvalue weighted by Crippen LogP contribution is -2.27. The number of anilines is 1. The molecule has 2 aromatic carbocycles. The fourth-order valence-corrected chi connectivity index (χ4v) is 4.79. The van der Waals surface area contributed by atoms with Crippen molar-refractivity contribution in [2.24, 2.45) is 0 Å². The predicted molar refractivity (Wildman–Crippen MR) is 134 cm³/mol. The number of rotatable bonds is 7. The lowest BCUT2D eigenvalue weighted by molar-refractivity contribution is -0.116. The van der Waals surface area contributed by atoms with Gasteiger partial charge in [0, 0.05) is 16.1 Å². The zero-order valence-electron chi connectivity index (χ0n) is 19.2. The SMILES string of the molecule is CCOc1ccc(-c2c(C)sc3ncn(CC(=O)Nc4ccc(C(C)C)cc4)c(=O)c23)cc1. The first kappa shape index (κ1) is 22.7. The number of carbonyl (C=O) groups excluding carboxylic acids is 1. The molecule has 2 aromatic heterocycles. The van der Waals surface area contributed by atoms with Gasteiger partial charge in [0.2, 0.25) is 5.91 Å². The Morgan fingerprint density at radius 2 is 1.82 bits per heavy atom. The monoisotopic (exact) mass is 461 g/mol. The average Bonchev–Trinajstić information content (AvgIpc) is 3.13. The van der Waals surface area contributed by atoms with Crippen molar-refractivity contribution in [3.05, 3.63) is 75.7 Å². The standard InChI is InChI=1S/C26H27N3O3S/c1-5-32-21-12-8-19(9-13-21)23-17(4)33-25-24(23)26(31)29(15-27-25)14-22(30)28-20-10-6-18(7-11-20)16(2)3/h6-13,15-16H,5,14H2,1-4H3,(H,28,30). The Hall–Kier alpha value is -3.45. The van der Waals surface area contributed by atoms with Crippen molar-refractivity contribution in [2.75, 3.05) is 11.9 Å². The fraction of sp³-hybridized carbons (Fsp3) is 0.269. The van der Waals surface area contributed by atoms with Crippen LogP contribution in [0.25, 0.3) is 21.3 Å². The molecule has 1 N–H and O–H groups in total. The van der Waals surface area contributed by atoms with Gasteiger partial charge >= 0.3 is 0 Å². The van der Waals surface area contributed by atoms with Crippen LogP contribution < -0.4 is 15.6 Å². The highest BCUT2D eigenvalue weighted by Crippen LogP contribution is 2.36. The summed E-state index contributed by atoms with van der Waals surface area (Å²) in [7, 11) is 0. The molecule has 0 fully saturated rings. The van der Waals surface area contributed by atoms with Crippen LogP contribution in [0.4, 0.5) is 5.69 Å². The molecule has 0 spiro atoms. The molecule has 0 aliphatic heterocycles. The van der Waals surface area contributed by atoms with E-state index in [2.05, 4.69) is 24.1 Å². The number of nitrogens with one attached hydrogen (secondary N) is 1. The first-order valence-corrected chi connectivity index (χ1v) is 11.8. The van der Waals surface area contributed by atoms with Crippen molar-refractivity contribution in [1.82, 2.24) is 9.55 Å². The van der Waals surface area contributed by atoms with Gasteiger partial charge in [-0.05, 0) is 55.2 Å². The molecule has 4 aromatic rings. The maximum Gasteiger partial charge on any atom is 0.263 e. The van der Waals surface area contributed by atoms with E-state index < -0.39 is 0 Å².